The first kappa shape index (κ1) is 22.2. The van der Waals surface area contributed by atoms with Gasteiger partial charge in [0.05, 0.1) is 23.7 Å². The van der Waals surface area contributed by atoms with Crippen molar-refractivity contribution in [2.24, 2.45) is 0 Å². The lowest BCUT2D eigenvalue weighted by atomic mass is 10.2. The van der Waals surface area contributed by atoms with E-state index < -0.39 is 0 Å². The van der Waals surface area contributed by atoms with E-state index in [0.717, 1.165) is 22.0 Å². The van der Waals surface area contributed by atoms with Gasteiger partial charge in [0, 0.05) is 11.9 Å². The summed E-state index contributed by atoms with van der Waals surface area (Å²) in [7, 11) is 1.87. The smallest absolute Gasteiger partial charge is 0.210 e. The summed E-state index contributed by atoms with van der Waals surface area (Å²) >= 11 is 4.06. The maximum atomic E-state index is 12.8. The zero-order valence-electron chi connectivity index (χ0n) is 17.4. The molecule has 0 saturated carbocycles. The zero-order valence-corrected chi connectivity index (χ0v) is 19.8. The molecule has 2 aromatic carbocycles. The number of nitriles is 1. The fourth-order valence-corrected chi connectivity index (χ4v) is 5.83. The van der Waals surface area contributed by atoms with Gasteiger partial charge in [-0.25, -0.2) is 0 Å². The number of ketones is 1. The van der Waals surface area contributed by atoms with E-state index in [4.69, 9.17) is 4.74 Å². The Morgan fingerprint density at radius 2 is 2.00 bits per heavy atom. The van der Waals surface area contributed by atoms with Crippen LogP contribution in [0.5, 0.6) is 5.75 Å². The summed E-state index contributed by atoms with van der Waals surface area (Å²) in [4.78, 5) is 15.8. The molecular formula is C22H19N5O2S3. The molecule has 0 saturated heterocycles. The number of rotatable bonds is 8. The van der Waals surface area contributed by atoms with Gasteiger partial charge in [-0.05, 0) is 31.2 Å². The second-order valence-corrected chi connectivity index (χ2v) is 9.79. The van der Waals surface area contributed by atoms with Gasteiger partial charge in [-0.1, -0.05) is 59.1 Å². The molecule has 2 heterocycles. The molecule has 1 aliphatic rings. The summed E-state index contributed by atoms with van der Waals surface area (Å²) in [6, 6.07) is 17.5. The summed E-state index contributed by atoms with van der Waals surface area (Å²) in [6.07, 6.45) is 0. The van der Waals surface area contributed by atoms with Gasteiger partial charge >= 0.3 is 0 Å². The largest absolute Gasteiger partial charge is 0.492 e. The van der Waals surface area contributed by atoms with E-state index in [1.807, 2.05) is 67.4 Å². The maximum absolute atomic E-state index is 12.8. The summed E-state index contributed by atoms with van der Waals surface area (Å²) < 4.78 is 6.26. The summed E-state index contributed by atoms with van der Waals surface area (Å²) in [5, 5.41) is 22.4. The van der Waals surface area contributed by atoms with Gasteiger partial charge in [-0.15, -0.1) is 10.2 Å². The van der Waals surface area contributed by atoms with Gasteiger partial charge in [-0.2, -0.15) is 5.26 Å². The van der Waals surface area contributed by atoms with Crippen molar-refractivity contribution in [3.63, 3.8) is 0 Å². The fourth-order valence-electron chi connectivity index (χ4n) is 3.04. The number of thioether (sulfide) groups is 2. The SMILES string of the molecule is CCOc1ccccc1Nc1nnc(SCC(=O)/C(C#N)=C2/Sc3ccccc3N2C)s1. The van der Waals surface area contributed by atoms with Crippen LogP contribution in [0.2, 0.25) is 0 Å². The van der Waals surface area contributed by atoms with Gasteiger partial charge in [0.2, 0.25) is 5.13 Å². The van der Waals surface area contributed by atoms with Crippen LogP contribution in [-0.2, 0) is 4.79 Å². The predicted molar refractivity (Wildman–Crippen MR) is 130 cm³/mol. The van der Waals surface area contributed by atoms with Crippen LogP contribution < -0.4 is 15.0 Å². The first-order valence-corrected chi connectivity index (χ1v) is 12.4. The monoisotopic (exact) mass is 481 g/mol. The molecule has 0 unspecified atom stereocenters. The molecule has 0 atom stereocenters. The molecule has 0 bridgehead atoms. The van der Waals surface area contributed by atoms with E-state index in [0.29, 0.717) is 21.1 Å². The van der Waals surface area contributed by atoms with Crippen molar-refractivity contribution >= 4 is 57.2 Å². The maximum Gasteiger partial charge on any atom is 0.210 e. The van der Waals surface area contributed by atoms with Gasteiger partial charge in [0.15, 0.2) is 10.1 Å². The average molecular weight is 482 g/mol. The number of Topliss-reactive ketones (excluding diaryl/α,β-unsaturated/α-hetero) is 1. The highest BCUT2D eigenvalue weighted by atomic mass is 32.2. The van der Waals surface area contributed by atoms with Crippen molar-refractivity contribution in [1.82, 2.24) is 10.2 Å². The molecule has 3 aromatic rings. The first-order valence-electron chi connectivity index (χ1n) is 9.74. The molecule has 0 fully saturated rings. The molecule has 10 heteroatoms. The van der Waals surface area contributed by atoms with Gasteiger partial charge in [0.25, 0.3) is 0 Å². The standard InChI is InChI=1S/C22H19N5O2S3/c1-3-29-18-10-6-4-8-15(18)24-21-25-26-22(32-21)30-13-17(28)14(12-23)20-27(2)16-9-5-7-11-19(16)31-20/h4-11H,3,13H2,1-2H3,(H,24,25)/b20-14+. The zero-order chi connectivity index (χ0) is 22.5. The second kappa shape index (κ2) is 10.1. The number of nitrogens with one attached hydrogen (secondary N) is 1. The molecule has 0 spiro atoms. The van der Waals surface area contributed by atoms with Gasteiger partial charge < -0.3 is 15.0 Å². The lowest BCUT2D eigenvalue weighted by molar-refractivity contribution is -0.112. The van der Waals surface area contributed by atoms with Crippen LogP contribution in [0, 0.1) is 11.3 Å². The van der Waals surface area contributed by atoms with Crippen LogP contribution in [0.4, 0.5) is 16.5 Å². The van der Waals surface area contributed by atoms with Crippen LogP contribution in [0.3, 0.4) is 0 Å². The molecule has 1 aromatic heterocycles. The fraction of sp³-hybridized carbons (Fsp3) is 0.182. The van der Waals surface area contributed by atoms with Gasteiger partial charge in [-0.3, -0.25) is 4.79 Å². The summed E-state index contributed by atoms with van der Waals surface area (Å²) in [5.74, 6) is 0.617. The van der Waals surface area contributed by atoms with Crippen molar-refractivity contribution in [2.75, 3.05) is 29.6 Å². The van der Waals surface area contributed by atoms with Crippen molar-refractivity contribution in [3.8, 4) is 11.8 Å². The topological polar surface area (TPSA) is 91.1 Å². The first-order chi connectivity index (χ1) is 15.6. The van der Waals surface area contributed by atoms with E-state index in [1.54, 1.807) is 0 Å². The third kappa shape index (κ3) is 4.75. The highest BCUT2D eigenvalue weighted by Crippen LogP contribution is 2.46. The van der Waals surface area contributed by atoms with Crippen LogP contribution >= 0.6 is 34.9 Å². The molecule has 0 amide bonds. The Labute approximate surface area is 198 Å². The Bertz CT molecular complexity index is 1220. The van der Waals surface area contributed by atoms with Crippen LogP contribution in [-0.4, -0.2) is 35.4 Å². The van der Waals surface area contributed by atoms with Crippen molar-refractivity contribution in [2.45, 2.75) is 16.2 Å². The van der Waals surface area contributed by atoms with Crippen molar-refractivity contribution in [1.29, 1.82) is 5.26 Å². The molecule has 1 N–H and O–H groups in total. The van der Waals surface area contributed by atoms with Crippen molar-refractivity contribution in [3.05, 3.63) is 59.1 Å². The number of allylic oxidation sites excluding steroid dienone is 1. The lowest BCUT2D eigenvalue weighted by Crippen LogP contribution is -2.16. The Morgan fingerprint density at radius 3 is 2.78 bits per heavy atom. The average Bonchev–Trinajstić information content (AvgIpc) is 3.39. The minimum atomic E-state index is -0.231. The molecule has 162 valence electrons. The number of ether oxygens (including phenoxy) is 1. The van der Waals surface area contributed by atoms with Crippen molar-refractivity contribution < 1.29 is 9.53 Å². The molecule has 0 radical (unpaired) electrons. The number of para-hydroxylation sites is 3. The Hall–Kier alpha value is -3.00. The van der Waals surface area contributed by atoms with Crippen LogP contribution in [0.15, 0.2) is 68.4 Å². The minimum absolute atomic E-state index is 0.112. The number of nitrogens with zero attached hydrogens (tertiary/aromatic N) is 4. The summed E-state index contributed by atoms with van der Waals surface area (Å²) in [5.41, 5.74) is 1.96. The third-order valence-corrected chi connectivity index (χ3v) is 7.71. The molecule has 0 aliphatic carbocycles. The van der Waals surface area contributed by atoms with E-state index in [1.165, 1.54) is 34.9 Å². The minimum Gasteiger partial charge on any atom is -0.492 e. The number of fused-ring (bicyclic) bond motifs is 1. The number of anilines is 3. The number of carbonyl (C=O) groups is 1. The number of hydrogen-bond donors (Lipinski definition) is 1. The molecule has 7 nitrogen and oxygen atoms in total. The van der Waals surface area contributed by atoms with E-state index in [-0.39, 0.29) is 17.1 Å². The molecule has 4 rings (SSSR count). The number of aromatic nitrogens is 2. The number of hydrogen-bond acceptors (Lipinski definition) is 10. The molecule has 1 aliphatic heterocycles. The highest BCUT2D eigenvalue weighted by molar-refractivity contribution is 8.04. The number of carbonyl (C=O) groups excluding carboxylic acids is 1. The Balaban J connectivity index is 1.42. The summed E-state index contributed by atoms with van der Waals surface area (Å²) in [6.45, 7) is 2.49. The third-order valence-electron chi connectivity index (χ3n) is 4.50. The predicted octanol–water partition coefficient (Wildman–Crippen LogP) is 5.32. The number of benzene rings is 2. The van der Waals surface area contributed by atoms with Crippen LogP contribution in [0.1, 0.15) is 6.92 Å². The van der Waals surface area contributed by atoms with Gasteiger partial charge in [0.1, 0.15) is 22.4 Å². The second-order valence-electron chi connectivity index (χ2n) is 6.56. The van der Waals surface area contributed by atoms with Crippen LogP contribution in [0.25, 0.3) is 0 Å². The Morgan fingerprint density at radius 1 is 1.22 bits per heavy atom. The van der Waals surface area contributed by atoms with E-state index in [9.17, 15) is 10.1 Å². The van der Waals surface area contributed by atoms with E-state index >= 15 is 0 Å². The van der Waals surface area contributed by atoms with E-state index in [2.05, 4.69) is 21.6 Å². The highest BCUT2D eigenvalue weighted by Gasteiger charge is 2.28. The molecule has 32 heavy (non-hydrogen) atoms. The lowest BCUT2D eigenvalue weighted by Gasteiger charge is -2.14. The normalized spacial score (nSPS) is 14.0. The quantitative estimate of drug-likeness (QED) is 0.261. The molecular weight excluding hydrogens is 462 g/mol. The Kier molecular flexibility index (Phi) is 6.99.